The number of carbonyl (C=O) groups is 1. The second kappa shape index (κ2) is 7.50. The molecule has 1 aromatic rings. The Morgan fingerprint density at radius 1 is 1.12 bits per heavy atom. The van der Waals surface area contributed by atoms with Gasteiger partial charge in [0.1, 0.15) is 0 Å². The summed E-state index contributed by atoms with van der Waals surface area (Å²) >= 11 is 0. The van der Waals surface area contributed by atoms with Crippen LogP contribution in [0, 0.1) is 5.92 Å². The highest BCUT2D eigenvalue weighted by Crippen LogP contribution is 2.19. The van der Waals surface area contributed by atoms with E-state index in [2.05, 4.69) is 18.7 Å². The number of hydrogen-bond acceptors (Lipinski definition) is 5. The molecule has 1 aliphatic heterocycles. The van der Waals surface area contributed by atoms with Gasteiger partial charge in [-0.05, 0) is 36.6 Å². The molecular weight excluding hydrogens is 328 g/mol. The Morgan fingerprint density at radius 2 is 1.67 bits per heavy atom. The molecule has 0 aliphatic carbocycles. The predicted octanol–water partition coefficient (Wildman–Crippen LogP) is 0.356. The summed E-state index contributed by atoms with van der Waals surface area (Å²) in [5.74, 6) is 0.399. The van der Waals surface area contributed by atoms with E-state index in [0.29, 0.717) is 38.5 Å². The Morgan fingerprint density at radius 3 is 2.12 bits per heavy atom. The van der Waals surface area contributed by atoms with Crippen LogP contribution in [-0.2, 0) is 14.8 Å². The quantitative estimate of drug-likeness (QED) is 0.793. The van der Waals surface area contributed by atoms with E-state index in [1.54, 1.807) is 12.1 Å². The summed E-state index contributed by atoms with van der Waals surface area (Å²) in [7, 11) is -3.68. The zero-order valence-corrected chi connectivity index (χ0v) is 15.0. The van der Waals surface area contributed by atoms with E-state index in [1.165, 1.54) is 12.1 Å². The van der Waals surface area contributed by atoms with Gasteiger partial charge < -0.3 is 15.5 Å². The first kappa shape index (κ1) is 18.7. The molecule has 4 N–H and O–H groups in total. The van der Waals surface area contributed by atoms with Gasteiger partial charge in [0.05, 0.1) is 10.9 Å². The minimum absolute atomic E-state index is 0.00734. The average molecular weight is 354 g/mol. The SMILES string of the molecule is CC(C)C[C@H](N)C(=O)N1CCN(c2ccc(S(N)(=O)=O)cc2)CC1. The molecule has 1 amide bonds. The molecule has 7 nitrogen and oxygen atoms in total. The van der Waals surface area contributed by atoms with Crippen molar-refractivity contribution in [3.63, 3.8) is 0 Å². The lowest BCUT2D eigenvalue weighted by molar-refractivity contribution is -0.133. The molecular formula is C16H26N4O3S. The van der Waals surface area contributed by atoms with Crippen molar-refractivity contribution < 1.29 is 13.2 Å². The van der Waals surface area contributed by atoms with Crippen LogP contribution in [0.3, 0.4) is 0 Å². The van der Waals surface area contributed by atoms with Crippen molar-refractivity contribution in [1.29, 1.82) is 0 Å². The molecule has 0 saturated carbocycles. The van der Waals surface area contributed by atoms with Crippen molar-refractivity contribution >= 4 is 21.6 Å². The van der Waals surface area contributed by atoms with Crippen molar-refractivity contribution in [2.45, 2.75) is 31.2 Å². The molecule has 24 heavy (non-hydrogen) atoms. The number of piperazine rings is 1. The highest BCUT2D eigenvalue weighted by atomic mass is 32.2. The van der Waals surface area contributed by atoms with Crippen LogP contribution >= 0.6 is 0 Å². The lowest BCUT2D eigenvalue weighted by Crippen LogP contribution is -2.53. The predicted molar refractivity (Wildman–Crippen MR) is 94.0 cm³/mol. The van der Waals surface area contributed by atoms with E-state index in [4.69, 9.17) is 10.9 Å². The number of anilines is 1. The van der Waals surface area contributed by atoms with Crippen LogP contribution in [-0.4, -0.2) is 51.4 Å². The van der Waals surface area contributed by atoms with E-state index in [-0.39, 0.29) is 10.8 Å². The molecule has 1 heterocycles. The topological polar surface area (TPSA) is 110 Å². The summed E-state index contributed by atoms with van der Waals surface area (Å²) < 4.78 is 22.6. The van der Waals surface area contributed by atoms with Crippen molar-refractivity contribution in [2.75, 3.05) is 31.1 Å². The van der Waals surface area contributed by atoms with Crippen molar-refractivity contribution in [1.82, 2.24) is 4.90 Å². The Bertz CT molecular complexity index is 665. The standard InChI is InChI=1S/C16H26N4O3S/c1-12(2)11-15(17)16(21)20-9-7-19(8-10-20)13-3-5-14(6-4-13)24(18,22)23/h3-6,12,15H,7-11,17H2,1-2H3,(H2,18,22,23)/t15-/m0/s1. The Balaban J connectivity index is 1.94. The van der Waals surface area contributed by atoms with Gasteiger partial charge in [0.25, 0.3) is 0 Å². The minimum atomic E-state index is -3.68. The molecule has 1 aliphatic rings. The molecule has 0 unspecified atom stereocenters. The fraction of sp³-hybridized carbons (Fsp3) is 0.562. The third kappa shape index (κ3) is 4.68. The van der Waals surface area contributed by atoms with E-state index in [1.807, 2.05) is 4.90 Å². The summed E-state index contributed by atoms with van der Waals surface area (Å²) in [5, 5.41) is 5.10. The molecule has 1 fully saturated rings. The average Bonchev–Trinajstić information content (AvgIpc) is 2.53. The van der Waals surface area contributed by atoms with Crippen LogP contribution in [0.1, 0.15) is 20.3 Å². The maximum absolute atomic E-state index is 12.3. The van der Waals surface area contributed by atoms with Gasteiger partial charge in [0.15, 0.2) is 0 Å². The van der Waals surface area contributed by atoms with Crippen LogP contribution < -0.4 is 15.8 Å². The van der Waals surface area contributed by atoms with Crippen LogP contribution in [0.2, 0.25) is 0 Å². The zero-order valence-electron chi connectivity index (χ0n) is 14.2. The number of benzene rings is 1. The van der Waals surface area contributed by atoms with E-state index in [9.17, 15) is 13.2 Å². The van der Waals surface area contributed by atoms with Gasteiger partial charge in [-0.3, -0.25) is 4.79 Å². The number of amides is 1. The van der Waals surface area contributed by atoms with Crippen LogP contribution in [0.4, 0.5) is 5.69 Å². The molecule has 0 aromatic heterocycles. The van der Waals surface area contributed by atoms with Gasteiger partial charge in [-0.1, -0.05) is 13.8 Å². The number of nitrogens with zero attached hydrogens (tertiary/aromatic N) is 2. The van der Waals surface area contributed by atoms with Gasteiger partial charge in [-0.15, -0.1) is 0 Å². The smallest absolute Gasteiger partial charge is 0.239 e. The number of primary sulfonamides is 1. The fourth-order valence-electron chi connectivity index (χ4n) is 2.87. The first-order chi connectivity index (χ1) is 11.2. The normalized spacial score (nSPS) is 17.2. The number of sulfonamides is 1. The second-order valence-electron chi connectivity index (χ2n) is 6.59. The summed E-state index contributed by atoms with van der Waals surface area (Å²) in [5.41, 5.74) is 6.90. The summed E-state index contributed by atoms with van der Waals surface area (Å²) in [6.07, 6.45) is 0.689. The van der Waals surface area contributed by atoms with Gasteiger partial charge in [-0.2, -0.15) is 0 Å². The highest BCUT2D eigenvalue weighted by molar-refractivity contribution is 7.89. The van der Waals surface area contributed by atoms with Gasteiger partial charge in [-0.25, -0.2) is 13.6 Å². The van der Waals surface area contributed by atoms with E-state index < -0.39 is 16.1 Å². The maximum atomic E-state index is 12.3. The molecule has 1 saturated heterocycles. The van der Waals surface area contributed by atoms with E-state index in [0.717, 1.165) is 5.69 Å². The third-order valence-electron chi connectivity index (χ3n) is 4.16. The lowest BCUT2D eigenvalue weighted by Gasteiger charge is -2.37. The maximum Gasteiger partial charge on any atom is 0.239 e. The van der Waals surface area contributed by atoms with Crippen molar-refractivity contribution in [2.24, 2.45) is 16.8 Å². The summed E-state index contributed by atoms with van der Waals surface area (Å²) in [6.45, 7) is 6.71. The molecule has 2 rings (SSSR count). The Hall–Kier alpha value is -1.64. The summed E-state index contributed by atoms with van der Waals surface area (Å²) in [4.78, 5) is 16.4. The lowest BCUT2D eigenvalue weighted by atomic mass is 10.0. The van der Waals surface area contributed by atoms with Crippen LogP contribution in [0.15, 0.2) is 29.2 Å². The monoisotopic (exact) mass is 354 g/mol. The molecule has 0 spiro atoms. The van der Waals surface area contributed by atoms with Gasteiger partial charge >= 0.3 is 0 Å². The number of nitrogens with two attached hydrogens (primary N) is 2. The molecule has 134 valence electrons. The van der Waals surface area contributed by atoms with Crippen LogP contribution in [0.25, 0.3) is 0 Å². The van der Waals surface area contributed by atoms with Crippen molar-refractivity contribution in [3.05, 3.63) is 24.3 Å². The van der Waals surface area contributed by atoms with Crippen LogP contribution in [0.5, 0.6) is 0 Å². The first-order valence-electron chi connectivity index (χ1n) is 8.10. The zero-order chi connectivity index (χ0) is 17.9. The highest BCUT2D eigenvalue weighted by Gasteiger charge is 2.25. The Kier molecular flexibility index (Phi) is 5.84. The second-order valence-corrected chi connectivity index (χ2v) is 8.15. The molecule has 0 bridgehead atoms. The molecule has 1 aromatic carbocycles. The van der Waals surface area contributed by atoms with Crippen molar-refractivity contribution in [3.8, 4) is 0 Å². The number of carbonyl (C=O) groups excluding carboxylic acids is 1. The van der Waals surface area contributed by atoms with E-state index >= 15 is 0 Å². The summed E-state index contributed by atoms with van der Waals surface area (Å²) in [6, 6.07) is 6.04. The molecule has 1 atom stereocenters. The molecule has 0 radical (unpaired) electrons. The third-order valence-corrected chi connectivity index (χ3v) is 5.09. The minimum Gasteiger partial charge on any atom is -0.368 e. The first-order valence-corrected chi connectivity index (χ1v) is 9.65. The Labute approximate surface area is 143 Å². The largest absolute Gasteiger partial charge is 0.368 e. The fourth-order valence-corrected chi connectivity index (χ4v) is 3.39. The van der Waals surface area contributed by atoms with Gasteiger partial charge in [0.2, 0.25) is 15.9 Å². The van der Waals surface area contributed by atoms with Gasteiger partial charge in [0, 0.05) is 31.9 Å². The molecule has 8 heteroatoms. The number of rotatable bonds is 5. The number of hydrogen-bond donors (Lipinski definition) is 2.